The van der Waals surface area contributed by atoms with Crippen molar-refractivity contribution < 1.29 is 14.7 Å². The maximum absolute atomic E-state index is 12.1. The van der Waals surface area contributed by atoms with E-state index >= 15 is 0 Å². The van der Waals surface area contributed by atoms with Crippen molar-refractivity contribution in [3.05, 3.63) is 23.8 Å². The first-order chi connectivity index (χ1) is 9.90. The number of carbonyl (C=O) groups is 2. The van der Waals surface area contributed by atoms with Gasteiger partial charge in [0.2, 0.25) is 0 Å². The minimum absolute atomic E-state index is 0.233. The average molecular weight is 292 g/mol. The average Bonchev–Trinajstić information content (AvgIpc) is 2.45. The molecular formula is C14H20N4O3. The highest BCUT2D eigenvalue weighted by Crippen LogP contribution is 2.29. The second kappa shape index (κ2) is 6.07. The SMILES string of the molecule is Cc1nccc(CNC(=O)N2CCCC(C)(C(=O)O)C2)n1. The number of rotatable bonds is 3. The summed E-state index contributed by atoms with van der Waals surface area (Å²) in [7, 11) is 0. The summed E-state index contributed by atoms with van der Waals surface area (Å²) in [6.45, 7) is 4.59. The van der Waals surface area contributed by atoms with Crippen LogP contribution >= 0.6 is 0 Å². The molecule has 2 heterocycles. The monoisotopic (exact) mass is 292 g/mol. The van der Waals surface area contributed by atoms with Gasteiger partial charge in [-0.1, -0.05) is 0 Å². The van der Waals surface area contributed by atoms with Crippen LogP contribution < -0.4 is 5.32 Å². The molecule has 0 spiro atoms. The number of amides is 2. The molecule has 1 saturated heterocycles. The van der Waals surface area contributed by atoms with Gasteiger partial charge in [0.15, 0.2) is 0 Å². The fourth-order valence-electron chi connectivity index (χ4n) is 2.47. The number of likely N-dealkylation sites (tertiary alicyclic amines) is 1. The highest BCUT2D eigenvalue weighted by atomic mass is 16.4. The van der Waals surface area contributed by atoms with Gasteiger partial charge in [-0.05, 0) is 32.8 Å². The molecule has 1 fully saturated rings. The maximum Gasteiger partial charge on any atom is 0.317 e. The van der Waals surface area contributed by atoms with Crippen molar-refractivity contribution in [1.82, 2.24) is 20.2 Å². The molecule has 0 radical (unpaired) electrons. The van der Waals surface area contributed by atoms with Crippen LogP contribution in [0.5, 0.6) is 0 Å². The molecule has 2 N–H and O–H groups in total. The predicted octanol–water partition coefficient (Wildman–Crippen LogP) is 1.18. The third-order valence-electron chi connectivity index (χ3n) is 3.75. The van der Waals surface area contributed by atoms with E-state index in [1.54, 1.807) is 31.0 Å². The van der Waals surface area contributed by atoms with Gasteiger partial charge in [-0.25, -0.2) is 14.8 Å². The molecule has 2 rings (SSSR count). The fraction of sp³-hybridized carbons (Fsp3) is 0.571. The van der Waals surface area contributed by atoms with Gasteiger partial charge in [-0.3, -0.25) is 4.79 Å². The van der Waals surface area contributed by atoms with Gasteiger partial charge in [0, 0.05) is 19.3 Å². The Morgan fingerprint density at radius 3 is 2.95 bits per heavy atom. The summed E-state index contributed by atoms with van der Waals surface area (Å²) >= 11 is 0. The number of aliphatic carboxylic acids is 1. The molecule has 0 aromatic carbocycles. The zero-order valence-electron chi connectivity index (χ0n) is 12.3. The van der Waals surface area contributed by atoms with Gasteiger partial charge >= 0.3 is 12.0 Å². The van der Waals surface area contributed by atoms with E-state index in [1.165, 1.54) is 0 Å². The molecular weight excluding hydrogens is 272 g/mol. The van der Waals surface area contributed by atoms with E-state index in [0.29, 0.717) is 31.8 Å². The lowest BCUT2D eigenvalue weighted by Gasteiger charge is -2.37. The number of aryl methyl sites for hydroxylation is 1. The van der Waals surface area contributed by atoms with Crippen molar-refractivity contribution in [1.29, 1.82) is 0 Å². The van der Waals surface area contributed by atoms with Crippen molar-refractivity contribution in [2.75, 3.05) is 13.1 Å². The minimum Gasteiger partial charge on any atom is -0.481 e. The molecule has 1 unspecified atom stereocenters. The number of urea groups is 1. The quantitative estimate of drug-likeness (QED) is 0.872. The molecule has 1 atom stereocenters. The minimum atomic E-state index is -0.860. The van der Waals surface area contributed by atoms with Crippen LogP contribution in [0.15, 0.2) is 12.3 Å². The molecule has 2 amide bonds. The summed E-state index contributed by atoms with van der Waals surface area (Å²) in [6, 6.07) is 1.49. The molecule has 7 heteroatoms. The third-order valence-corrected chi connectivity index (χ3v) is 3.75. The van der Waals surface area contributed by atoms with Crippen LogP contribution in [0.4, 0.5) is 4.79 Å². The molecule has 114 valence electrons. The van der Waals surface area contributed by atoms with Crippen LogP contribution in [-0.4, -0.2) is 45.1 Å². The van der Waals surface area contributed by atoms with E-state index in [0.717, 1.165) is 5.69 Å². The molecule has 1 aromatic rings. The molecule has 7 nitrogen and oxygen atoms in total. The normalized spacial score (nSPS) is 21.9. The fourth-order valence-corrected chi connectivity index (χ4v) is 2.47. The van der Waals surface area contributed by atoms with Crippen molar-refractivity contribution in [2.24, 2.45) is 5.41 Å². The maximum atomic E-state index is 12.1. The number of nitrogens with one attached hydrogen (secondary N) is 1. The number of piperidine rings is 1. The summed E-state index contributed by atoms with van der Waals surface area (Å²) < 4.78 is 0. The highest BCUT2D eigenvalue weighted by Gasteiger charge is 2.39. The largest absolute Gasteiger partial charge is 0.481 e. The smallest absolute Gasteiger partial charge is 0.317 e. The van der Waals surface area contributed by atoms with Gasteiger partial charge < -0.3 is 15.3 Å². The first-order valence-electron chi connectivity index (χ1n) is 6.95. The Bertz CT molecular complexity index is 549. The first-order valence-corrected chi connectivity index (χ1v) is 6.95. The van der Waals surface area contributed by atoms with Crippen molar-refractivity contribution in [2.45, 2.75) is 33.2 Å². The zero-order chi connectivity index (χ0) is 15.5. The van der Waals surface area contributed by atoms with E-state index in [2.05, 4.69) is 15.3 Å². The Balaban J connectivity index is 1.93. The molecule has 0 bridgehead atoms. The Hall–Kier alpha value is -2.18. The Morgan fingerprint density at radius 1 is 1.52 bits per heavy atom. The lowest BCUT2D eigenvalue weighted by Crippen LogP contribution is -2.51. The topological polar surface area (TPSA) is 95.4 Å². The zero-order valence-corrected chi connectivity index (χ0v) is 12.3. The Labute approximate surface area is 123 Å². The van der Waals surface area contributed by atoms with Crippen molar-refractivity contribution in [3.63, 3.8) is 0 Å². The van der Waals surface area contributed by atoms with Crippen molar-refractivity contribution in [3.8, 4) is 0 Å². The van der Waals surface area contributed by atoms with Gasteiger partial charge in [0.05, 0.1) is 17.7 Å². The molecule has 0 saturated carbocycles. The van der Waals surface area contributed by atoms with E-state index in [9.17, 15) is 14.7 Å². The van der Waals surface area contributed by atoms with Crippen LogP contribution in [0.1, 0.15) is 31.3 Å². The number of carbonyl (C=O) groups excluding carboxylic acids is 1. The lowest BCUT2D eigenvalue weighted by molar-refractivity contribution is -0.150. The number of hydrogen-bond acceptors (Lipinski definition) is 4. The van der Waals surface area contributed by atoms with Gasteiger partial charge in [-0.15, -0.1) is 0 Å². The van der Waals surface area contributed by atoms with E-state index in [-0.39, 0.29) is 12.6 Å². The molecule has 0 aliphatic carbocycles. The van der Waals surface area contributed by atoms with Crippen LogP contribution in [0.3, 0.4) is 0 Å². The number of hydrogen-bond donors (Lipinski definition) is 2. The van der Waals surface area contributed by atoms with Crippen LogP contribution in [0, 0.1) is 12.3 Å². The Kier molecular flexibility index (Phi) is 4.40. The van der Waals surface area contributed by atoms with Crippen LogP contribution in [0.2, 0.25) is 0 Å². The molecule has 21 heavy (non-hydrogen) atoms. The Morgan fingerprint density at radius 2 is 2.29 bits per heavy atom. The van der Waals surface area contributed by atoms with Crippen LogP contribution in [-0.2, 0) is 11.3 Å². The number of aromatic nitrogens is 2. The van der Waals surface area contributed by atoms with Gasteiger partial charge in [0.1, 0.15) is 5.82 Å². The van der Waals surface area contributed by atoms with E-state index < -0.39 is 11.4 Å². The van der Waals surface area contributed by atoms with E-state index in [4.69, 9.17) is 0 Å². The third kappa shape index (κ3) is 3.68. The van der Waals surface area contributed by atoms with Gasteiger partial charge in [-0.2, -0.15) is 0 Å². The summed E-state index contributed by atoms with van der Waals surface area (Å²) in [5.74, 6) is -0.204. The van der Waals surface area contributed by atoms with Crippen molar-refractivity contribution >= 4 is 12.0 Å². The highest BCUT2D eigenvalue weighted by molar-refractivity contribution is 5.78. The summed E-state index contributed by atoms with van der Waals surface area (Å²) in [5.41, 5.74) is -0.130. The standard InChI is InChI=1S/C14H20N4O3/c1-10-15-6-4-11(17-10)8-16-13(21)18-7-3-5-14(2,9-18)12(19)20/h4,6H,3,5,7-9H2,1-2H3,(H,16,21)(H,19,20). The molecule has 1 aliphatic rings. The first kappa shape index (κ1) is 15.2. The lowest BCUT2D eigenvalue weighted by atomic mass is 9.82. The number of carboxylic acid groups (broad SMARTS) is 1. The number of carboxylic acids is 1. The summed E-state index contributed by atoms with van der Waals surface area (Å²) in [6.07, 6.45) is 2.94. The number of nitrogens with zero attached hydrogens (tertiary/aromatic N) is 3. The summed E-state index contributed by atoms with van der Waals surface area (Å²) in [4.78, 5) is 33.2. The van der Waals surface area contributed by atoms with E-state index in [1.807, 2.05) is 0 Å². The second-order valence-electron chi connectivity index (χ2n) is 5.64. The summed E-state index contributed by atoms with van der Waals surface area (Å²) in [5, 5.41) is 12.0. The second-order valence-corrected chi connectivity index (χ2v) is 5.64. The molecule has 1 aromatic heterocycles. The molecule has 1 aliphatic heterocycles. The van der Waals surface area contributed by atoms with Gasteiger partial charge in [0.25, 0.3) is 0 Å². The van der Waals surface area contributed by atoms with Crippen LogP contribution in [0.25, 0.3) is 0 Å². The predicted molar refractivity (Wildman–Crippen MR) is 75.6 cm³/mol.